The van der Waals surface area contributed by atoms with Gasteiger partial charge >= 0.3 is 0 Å². The number of nitrogens with one attached hydrogen (secondary N) is 1. The zero-order valence-electron chi connectivity index (χ0n) is 15.7. The van der Waals surface area contributed by atoms with Gasteiger partial charge < -0.3 is 20.0 Å². The summed E-state index contributed by atoms with van der Waals surface area (Å²) < 4.78 is 0. The normalized spacial score (nSPS) is 18.5. The minimum atomic E-state index is 0.730. The van der Waals surface area contributed by atoms with Crippen molar-refractivity contribution >= 4 is 22.4 Å². The number of thiazole rings is 1. The van der Waals surface area contributed by atoms with E-state index in [1.54, 1.807) is 11.3 Å². The molecule has 2 heterocycles. The minimum absolute atomic E-state index is 0.730. The van der Waals surface area contributed by atoms with Gasteiger partial charge in [-0.3, -0.25) is 4.99 Å². The first-order valence-electron chi connectivity index (χ1n) is 8.87. The number of rotatable bonds is 7. The Morgan fingerprint density at radius 3 is 2.75 bits per heavy atom. The maximum atomic E-state index is 4.62. The van der Waals surface area contributed by atoms with Crippen molar-refractivity contribution in [1.29, 1.82) is 0 Å². The third kappa shape index (κ3) is 5.08. The van der Waals surface area contributed by atoms with Crippen molar-refractivity contribution in [2.75, 3.05) is 58.8 Å². The second-order valence-corrected chi connectivity index (χ2v) is 7.34. The van der Waals surface area contributed by atoms with Gasteiger partial charge in [0, 0.05) is 46.2 Å². The third-order valence-electron chi connectivity index (χ3n) is 4.56. The molecule has 0 radical (unpaired) electrons. The van der Waals surface area contributed by atoms with Crippen molar-refractivity contribution in [2.24, 2.45) is 10.9 Å². The molecule has 6 nitrogen and oxygen atoms in total. The van der Waals surface area contributed by atoms with Gasteiger partial charge in [0.2, 0.25) is 0 Å². The molecule has 1 aromatic heterocycles. The van der Waals surface area contributed by atoms with E-state index < -0.39 is 0 Å². The van der Waals surface area contributed by atoms with Crippen molar-refractivity contribution in [2.45, 2.75) is 26.8 Å². The molecule has 1 atom stereocenters. The molecule has 0 aromatic carbocycles. The summed E-state index contributed by atoms with van der Waals surface area (Å²) in [6.07, 6.45) is 1.25. The molecule has 24 heavy (non-hydrogen) atoms. The molecule has 7 heteroatoms. The highest BCUT2D eigenvalue weighted by Crippen LogP contribution is 2.19. The molecule has 0 aliphatic carbocycles. The largest absolute Gasteiger partial charge is 0.354 e. The number of aliphatic imine (C=N–C) groups is 1. The molecule has 1 unspecified atom stereocenters. The molecular weight excluding hydrogens is 320 g/mol. The summed E-state index contributed by atoms with van der Waals surface area (Å²) in [6.45, 7) is 10.9. The maximum absolute atomic E-state index is 4.62. The van der Waals surface area contributed by atoms with E-state index in [1.165, 1.54) is 13.0 Å². The highest BCUT2D eigenvalue weighted by atomic mass is 32.1. The predicted octanol–water partition coefficient (Wildman–Crippen LogP) is 1.95. The molecule has 1 aliphatic heterocycles. The zero-order chi connectivity index (χ0) is 17.5. The van der Waals surface area contributed by atoms with Crippen LogP contribution < -0.4 is 10.2 Å². The molecule has 1 fully saturated rings. The summed E-state index contributed by atoms with van der Waals surface area (Å²) in [7, 11) is 5.91. The monoisotopic (exact) mass is 352 g/mol. The number of anilines is 1. The van der Waals surface area contributed by atoms with Crippen molar-refractivity contribution in [3.8, 4) is 0 Å². The number of hydrogen-bond donors (Lipinski definition) is 1. The first-order chi connectivity index (χ1) is 11.6. The van der Waals surface area contributed by atoms with Gasteiger partial charge in [0.15, 0.2) is 11.1 Å². The van der Waals surface area contributed by atoms with Gasteiger partial charge in [-0.2, -0.15) is 0 Å². The maximum Gasteiger partial charge on any atom is 0.193 e. The Morgan fingerprint density at radius 2 is 2.17 bits per heavy atom. The Bertz CT molecular complexity index is 523. The van der Waals surface area contributed by atoms with Gasteiger partial charge in [-0.25, -0.2) is 4.98 Å². The van der Waals surface area contributed by atoms with Gasteiger partial charge in [-0.05, 0) is 25.4 Å². The van der Waals surface area contributed by atoms with Gasteiger partial charge in [0.05, 0.1) is 12.2 Å². The quantitative estimate of drug-likeness (QED) is 0.600. The van der Waals surface area contributed by atoms with E-state index in [-0.39, 0.29) is 0 Å². The Labute approximate surface area is 150 Å². The molecule has 0 amide bonds. The van der Waals surface area contributed by atoms with Crippen LogP contribution in [-0.4, -0.2) is 74.6 Å². The van der Waals surface area contributed by atoms with Crippen molar-refractivity contribution < 1.29 is 0 Å². The molecule has 0 saturated carbocycles. The van der Waals surface area contributed by atoms with Crippen LogP contribution in [0.3, 0.4) is 0 Å². The van der Waals surface area contributed by atoms with Crippen LogP contribution in [0, 0.1) is 5.92 Å². The molecule has 1 aliphatic rings. The number of nitrogens with zero attached hydrogens (tertiary/aromatic N) is 5. The Balaban J connectivity index is 1.83. The highest BCUT2D eigenvalue weighted by molar-refractivity contribution is 7.13. The molecule has 1 saturated heterocycles. The van der Waals surface area contributed by atoms with Crippen LogP contribution in [0.2, 0.25) is 0 Å². The van der Waals surface area contributed by atoms with E-state index in [0.29, 0.717) is 0 Å². The summed E-state index contributed by atoms with van der Waals surface area (Å²) in [6, 6.07) is 0. The molecular formula is C17H32N6S. The number of aromatic nitrogens is 1. The zero-order valence-corrected chi connectivity index (χ0v) is 16.6. The summed E-state index contributed by atoms with van der Waals surface area (Å²) in [4.78, 5) is 16.0. The number of guanidine groups is 1. The van der Waals surface area contributed by atoms with Crippen LogP contribution in [0.25, 0.3) is 0 Å². The minimum Gasteiger partial charge on any atom is -0.354 e. The van der Waals surface area contributed by atoms with E-state index in [2.05, 4.69) is 44.3 Å². The van der Waals surface area contributed by atoms with E-state index in [1.807, 2.05) is 26.0 Å². The average Bonchev–Trinajstić information content (AvgIpc) is 3.23. The summed E-state index contributed by atoms with van der Waals surface area (Å²) >= 11 is 1.68. The van der Waals surface area contributed by atoms with E-state index in [9.17, 15) is 0 Å². The van der Waals surface area contributed by atoms with Gasteiger partial charge in [-0.1, -0.05) is 13.8 Å². The Morgan fingerprint density at radius 1 is 1.42 bits per heavy atom. The lowest BCUT2D eigenvalue weighted by atomic mass is 10.1. The van der Waals surface area contributed by atoms with Gasteiger partial charge in [-0.15, -0.1) is 11.3 Å². The first kappa shape index (κ1) is 19.0. The fraction of sp³-hybridized carbons (Fsp3) is 0.765. The fourth-order valence-corrected chi connectivity index (χ4v) is 3.86. The standard InChI is InChI=1S/C17H32N6S/c1-6-22(7-2)11-14-8-9-23(12-14)16(18-3)19-10-15-13-24-17(20-15)21(4)5/h13-14H,6-12H2,1-5H3,(H,18,19). The summed E-state index contributed by atoms with van der Waals surface area (Å²) in [5.41, 5.74) is 1.07. The number of likely N-dealkylation sites (tertiary alicyclic amines) is 1. The molecule has 136 valence electrons. The topological polar surface area (TPSA) is 47.0 Å². The van der Waals surface area contributed by atoms with Crippen LogP contribution in [0.1, 0.15) is 26.0 Å². The summed E-state index contributed by atoms with van der Waals surface area (Å²) in [5.74, 6) is 1.74. The van der Waals surface area contributed by atoms with Crippen LogP contribution >= 0.6 is 11.3 Å². The fourth-order valence-electron chi connectivity index (χ4n) is 3.11. The van der Waals surface area contributed by atoms with Crippen LogP contribution in [-0.2, 0) is 6.54 Å². The average molecular weight is 353 g/mol. The van der Waals surface area contributed by atoms with Crippen LogP contribution in [0.5, 0.6) is 0 Å². The predicted molar refractivity (Wildman–Crippen MR) is 104 cm³/mol. The lowest BCUT2D eigenvalue weighted by Crippen LogP contribution is -2.40. The van der Waals surface area contributed by atoms with Crippen LogP contribution in [0.4, 0.5) is 5.13 Å². The first-order valence-corrected chi connectivity index (χ1v) is 9.75. The SMILES string of the molecule is CCN(CC)CC1CCN(C(=NC)NCc2csc(N(C)C)n2)C1. The van der Waals surface area contributed by atoms with Crippen LogP contribution in [0.15, 0.2) is 10.4 Å². The lowest BCUT2D eigenvalue weighted by Gasteiger charge is -2.24. The Hall–Kier alpha value is -1.34. The van der Waals surface area contributed by atoms with Crippen molar-refractivity contribution in [1.82, 2.24) is 20.1 Å². The third-order valence-corrected chi connectivity index (χ3v) is 5.62. The molecule has 2 rings (SSSR count). The van der Waals surface area contributed by atoms with E-state index in [4.69, 9.17) is 0 Å². The smallest absolute Gasteiger partial charge is 0.193 e. The van der Waals surface area contributed by atoms with E-state index in [0.717, 1.165) is 55.4 Å². The van der Waals surface area contributed by atoms with Gasteiger partial charge in [0.25, 0.3) is 0 Å². The highest BCUT2D eigenvalue weighted by Gasteiger charge is 2.25. The lowest BCUT2D eigenvalue weighted by molar-refractivity contribution is 0.255. The molecule has 1 N–H and O–H groups in total. The second-order valence-electron chi connectivity index (χ2n) is 6.50. The van der Waals surface area contributed by atoms with Gasteiger partial charge in [0.1, 0.15) is 0 Å². The second kappa shape index (κ2) is 9.22. The summed E-state index contributed by atoms with van der Waals surface area (Å²) in [5, 5.41) is 6.63. The molecule has 1 aromatic rings. The van der Waals surface area contributed by atoms with Crippen molar-refractivity contribution in [3.05, 3.63) is 11.1 Å². The number of hydrogen-bond acceptors (Lipinski definition) is 5. The molecule has 0 bridgehead atoms. The van der Waals surface area contributed by atoms with Crippen molar-refractivity contribution in [3.63, 3.8) is 0 Å². The molecule has 0 spiro atoms. The van der Waals surface area contributed by atoms with E-state index >= 15 is 0 Å². The Kier molecular flexibility index (Phi) is 7.30.